The number of halogens is 1. The van der Waals surface area contributed by atoms with Crippen molar-refractivity contribution < 1.29 is 13.9 Å². The predicted molar refractivity (Wildman–Crippen MR) is 169 cm³/mol. The van der Waals surface area contributed by atoms with Crippen molar-refractivity contribution in [2.45, 2.75) is 19.0 Å². The summed E-state index contributed by atoms with van der Waals surface area (Å²) in [5.41, 5.74) is 4.20. The molecule has 3 heterocycles. The number of ether oxygens (including phenoxy) is 1. The lowest BCUT2D eigenvalue weighted by Crippen LogP contribution is -2.29. The van der Waals surface area contributed by atoms with Crippen LogP contribution in [0.4, 0.5) is 11.4 Å². The molecule has 9 heteroatoms. The maximum atomic E-state index is 12.5. The van der Waals surface area contributed by atoms with Crippen LogP contribution in [0.5, 0.6) is 5.75 Å². The van der Waals surface area contributed by atoms with Crippen LogP contribution in [0.2, 0.25) is 5.02 Å². The van der Waals surface area contributed by atoms with Gasteiger partial charge in [-0.3, -0.25) is 9.78 Å². The highest BCUT2D eigenvalue weighted by Gasteiger charge is 2.42. The Hall–Kier alpha value is -4.66. The van der Waals surface area contributed by atoms with Gasteiger partial charge in [0.2, 0.25) is 0 Å². The molecule has 5 aromatic rings. The first-order valence-corrected chi connectivity index (χ1v) is 14.2. The molecule has 0 radical (unpaired) electrons. The third-order valence-corrected chi connectivity index (χ3v) is 7.82. The summed E-state index contributed by atoms with van der Waals surface area (Å²) in [6.45, 7) is 1.88. The van der Waals surface area contributed by atoms with Crippen molar-refractivity contribution in [1.29, 1.82) is 0 Å². The van der Waals surface area contributed by atoms with E-state index in [1.807, 2.05) is 115 Å². The lowest BCUT2D eigenvalue weighted by atomic mass is 10.0. The number of nitrogens with zero attached hydrogens (tertiary/aromatic N) is 2. The van der Waals surface area contributed by atoms with Crippen LogP contribution in [-0.4, -0.2) is 22.6 Å². The molecule has 6 rings (SSSR count). The van der Waals surface area contributed by atoms with E-state index in [0.717, 1.165) is 34.0 Å². The molecule has 42 heavy (non-hydrogen) atoms. The number of amides is 1. The van der Waals surface area contributed by atoms with Crippen molar-refractivity contribution in [3.63, 3.8) is 0 Å². The number of hydrogen-bond acceptors (Lipinski definition) is 5. The largest absolute Gasteiger partial charge is 0.484 e. The minimum Gasteiger partial charge on any atom is -0.484 e. The number of carbonyl (C=O) groups is 1. The highest BCUT2D eigenvalue weighted by Crippen LogP contribution is 2.43. The smallest absolute Gasteiger partial charge is 0.262 e. The lowest BCUT2D eigenvalue weighted by Gasteiger charge is -2.26. The molecule has 3 aromatic carbocycles. The third-order valence-electron chi connectivity index (χ3n) is 7.09. The van der Waals surface area contributed by atoms with Gasteiger partial charge in [0.15, 0.2) is 11.7 Å². The van der Waals surface area contributed by atoms with Gasteiger partial charge in [-0.15, -0.1) is 0 Å². The van der Waals surface area contributed by atoms with Crippen LogP contribution in [0.25, 0.3) is 11.3 Å². The Labute approximate surface area is 254 Å². The minimum atomic E-state index is -0.319. The molecule has 2 atom stereocenters. The normalized spacial score (nSPS) is 16.2. The van der Waals surface area contributed by atoms with Crippen LogP contribution >= 0.6 is 23.8 Å². The van der Waals surface area contributed by atoms with E-state index in [4.69, 9.17) is 33.0 Å². The molecule has 0 spiro atoms. The summed E-state index contributed by atoms with van der Waals surface area (Å²) in [5, 5.41) is 7.55. The fraction of sp³-hybridized carbons (Fsp3) is 0.121. The lowest BCUT2D eigenvalue weighted by molar-refractivity contribution is -0.118. The van der Waals surface area contributed by atoms with Crippen LogP contribution in [0.1, 0.15) is 29.1 Å². The van der Waals surface area contributed by atoms with Gasteiger partial charge in [0, 0.05) is 28.2 Å². The average Bonchev–Trinajstić information content (AvgIpc) is 3.63. The Bertz CT molecular complexity index is 1710. The highest BCUT2D eigenvalue weighted by atomic mass is 35.5. The quantitative estimate of drug-likeness (QED) is 0.180. The Morgan fingerprint density at radius 3 is 2.55 bits per heavy atom. The summed E-state index contributed by atoms with van der Waals surface area (Å²) < 4.78 is 12.0. The molecule has 210 valence electrons. The standard InChI is InChI=1S/C33H27ClN4O3S/c1-21-25(10-7-11-26(21)34)28-17-18-29(41-28)32-31(27-12-5-6-19-35-27)37-33(42)38(32)23-15-13-22(14-16-23)36-30(39)20-40-24-8-3-2-4-9-24/h2-19,31-32H,20H2,1H3,(H,36,39)(H,37,42). The molecule has 1 fully saturated rings. The van der Waals surface area contributed by atoms with Gasteiger partial charge >= 0.3 is 0 Å². The zero-order chi connectivity index (χ0) is 29.1. The molecule has 0 bridgehead atoms. The van der Waals surface area contributed by atoms with Gasteiger partial charge in [-0.05, 0) is 91.4 Å². The van der Waals surface area contributed by atoms with Gasteiger partial charge in [-0.1, -0.05) is 48.0 Å². The summed E-state index contributed by atoms with van der Waals surface area (Å²) in [7, 11) is 0. The van der Waals surface area contributed by atoms with Crippen LogP contribution in [-0.2, 0) is 4.79 Å². The topological polar surface area (TPSA) is 79.6 Å². The molecular weight excluding hydrogens is 568 g/mol. The van der Waals surface area contributed by atoms with E-state index in [9.17, 15) is 4.79 Å². The van der Waals surface area contributed by atoms with Crippen molar-refractivity contribution in [2.75, 3.05) is 16.8 Å². The molecule has 2 aromatic heterocycles. The first kappa shape index (κ1) is 27.5. The fourth-order valence-corrected chi connectivity index (χ4v) is 5.54. The monoisotopic (exact) mass is 594 g/mol. The number of furan rings is 1. The molecule has 1 aliphatic rings. The van der Waals surface area contributed by atoms with Gasteiger partial charge in [0.1, 0.15) is 23.3 Å². The first-order chi connectivity index (χ1) is 20.5. The van der Waals surface area contributed by atoms with Crippen molar-refractivity contribution in [3.05, 3.63) is 131 Å². The van der Waals surface area contributed by atoms with E-state index >= 15 is 0 Å². The number of nitrogens with one attached hydrogen (secondary N) is 2. The van der Waals surface area contributed by atoms with Crippen LogP contribution in [0, 0.1) is 6.92 Å². The van der Waals surface area contributed by atoms with Gasteiger partial charge in [-0.25, -0.2) is 0 Å². The Morgan fingerprint density at radius 1 is 1.00 bits per heavy atom. The maximum absolute atomic E-state index is 12.5. The van der Waals surface area contributed by atoms with Crippen LogP contribution in [0.15, 0.2) is 114 Å². The van der Waals surface area contributed by atoms with E-state index in [1.165, 1.54) is 0 Å². The number of rotatable bonds is 8. The minimum absolute atomic E-state index is 0.0906. The Kier molecular flexibility index (Phi) is 7.90. The van der Waals surface area contributed by atoms with Gasteiger partial charge in [0.25, 0.3) is 5.91 Å². The molecule has 0 saturated carbocycles. The second kappa shape index (κ2) is 12.1. The van der Waals surface area contributed by atoms with Gasteiger partial charge < -0.3 is 24.7 Å². The van der Waals surface area contributed by atoms with Crippen molar-refractivity contribution in [2.24, 2.45) is 0 Å². The second-order valence-electron chi connectivity index (χ2n) is 9.81. The maximum Gasteiger partial charge on any atom is 0.262 e. The summed E-state index contributed by atoms with van der Waals surface area (Å²) >= 11 is 12.2. The molecule has 0 aliphatic carbocycles. The number of pyridine rings is 1. The summed E-state index contributed by atoms with van der Waals surface area (Å²) in [6.07, 6.45) is 1.77. The van der Waals surface area contributed by atoms with E-state index in [0.29, 0.717) is 21.6 Å². The average molecular weight is 595 g/mol. The predicted octanol–water partition coefficient (Wildman–Crippen LogP) is 7.50. The molecule has 1 amide bonds. The van der Waals surface area contributed by atoms with Crippen LogP contribution in [0.3, 0.4) is 0 Å². The zero-order valence-electron chi connectivity index (χ0n) is 22.7. The van der Waals surface area contributed by atoms with E-state index in [-0.39, 0.29) is 24.6 Å². The van der Waals surface area contributed by atoms with E-state index in [2.05, 4.69) is 15.6 Å². The summed E-state index contributed by atoms with van der Waals surface area (Å²) in [6, 6.07) is 31.7. The molecular formula is C33H27ClN4O3S. The van der Waals surface area contributed by atoms with Crippen molar-refractivity contribution in [3.8, 4) is 17.1 Å². The summed E-state index contributed by atoms with van der Waals surface area (Å²) in [5.74, 6) is 1.83. The zero-order valence-corrected chi connectivity index (χ0v) is 24.2. The number of thiocarbonyl (C=S) groups is 1. The third kappa shape index (κ3) is 5.72. The van der Waals surface area contributed by atoms with Crippen molar-refractivity contribution in [1.82, 2.24) is 10.3 Å². The number of carbonyl (C=O) groups excluding carboxylic acids is 1. The number of anilines is 2. The van der Waals surface area contributed by atoms with Gasteiger partial charge in [-0.2, -0.15) is 0 Å². The van der Waals surface area contributed by atoms with E-state index in [1.54, 1.807) is 6.20 Å². The second-order valence-corrected chi connectivity index (χ2v) is 10.6. The SMILES string of the molecule is Cc1c(Cl)cccc1-c1ccc(C2C(c3ccccn3)NC(=S)N2c2ccc(NC(=O)COc3ccccc3)cc2)o1. The number of para-hydroxylation sites is 1. The first-order valence-electron chi connectivity index (χ1n) is 13.4. The Balaban J connectivity index is 1.27. The Morgan fingerprint density at radius 2 is 1.79 bits per heavy atom. The van der Waals surface area contributed by atoms with Gasteiger partial charge in [0.05, 0.1) is 11.7 Å². The highest BCUT2D eigenvalue weighted by molar-refractivity contribution is 7.80. The van der Waals surface area contributed by atoms with Crippen molar-refractivity contribution >= 4 is 46.2 Å². The number of aromatic nitrogens is 1. The molecule has 2 unspecified atom stereocenters. The number of benzene rings is 3. The molecule has 1 saturated heterocycles. The molecule has 2 N–H and O–H groups in total. The van der Waals surface area contributed by atoms with Crippen LogP contribution < -0.4 is 20.3 Å². The number of hydrogen-bond donors (Lipinski definition) is 2. The van der Waals surface area contributed by atoms with E-state index < -0.39 is 0 Å². The fourth-order valence-electron chi connectivity index (χ4n) is 5.02. The molecule has 1 aliphatic heterocycles. The molecule has 7 nitrogen and oxygen atoms in total. The summed E-state index contributed by atoms with van der Waals surface area (Å²) in [4.78, 5) is 19.1.